The zero-order valence-electron chi connectivity index (χ0n) is 30.1. The highest BCUT2D eigenvalue weighted by Gasteiger charge is 2.19. The largest absolute Gasteiger partial charge is 0.464 e. The van der Waals surface area contributed by atoms with Gasteiger partial charge in [-0.15, -0.1) is 0 Å². The second kappa shape index (κ2) is 8.95. The number of benzene rings is 7. The van der Waals surface area contributed by atoms with Gasteiger partial charge in [0.25, 0.3) is 0 Å². The Bertz CT molecular complexity index is 2810. The third-order valence-electron chi connectivity index (χ3n) is 8.00. The quantitative estimate of drug-likeness (QED) is 0.207. The lowest BCUT2D eigenvalue weighted by molar-refractivity contribution is 0.615. The van der Waals surface area contributed by atoms with Crippen LogP contribution in [0.15, 0.2) is 154 Å². The Labute approximate surface area is 253 Å². The molecule has 7 aromatic carbocycles. The van der Waals surface area contributed by atoms with Crippen molar-refractivity contribution in [2.24, 2.45) is 0 Å². The smallest absolute Gasteiger partial charge is 0.147 e. The molecule has 0 aliphatic rings. The summed E-state index contributed by atoms with van der Waals surface area (Å²) in [5.74, 6) is 0. The third kappa shape index (κ3) is 3.33. The zero-order chi connectivity index (χ0) is 34.6. The van der Waals surface area contributed by atoms with Crippen LogP contribution in [0.2, 0.25) is 0 Å². The van der Waals surface area contributed by atoms with Crippen LogP contribution in [0.25, 0.3) is 87.8 Å². The van der Waals surface area contributed by atoms with Crippen LogP contribution in [0.4, 0.5) is 0 Å². The molecule has 9 aromatic rings. The number of rotatable bonds is 3. The lowest BCUT2D eigenvalue weighted by Crippen LogP contribution is -1.90. The number of para-hydroxylation sites is 1. The summed E-state index contributed by atoms with van der Waals surface area (Å²) in [5.41, 5.74) is 5.56. The van der Waals surface area contributed by atoms with Gasteiger partial charge in [0.1, 0.15) is 16.7 Å². The zero-order valence-corrected chi connectivity index (χ0v) is 22.1. The average molecular weight is 545 g/mol. The average Bonchev–Trinajstić information content (AvgIpc) is 3.78. The fraction of sp³-hybridized carbons (Fsp3) is 0. The van der Waals surface area contributed by atoms with Crippen LogP contribution in [0.3, 0.4) is 0 Å². The topological polar surface area (TPSA) is 26.3 Å². The summed E-state index contributed by atoms with van der Waals surface area (Å²) in [7, 11) is 0. The Morgan fingerprint density at radius 1 is 0.476 bits per heavy atom. The molecule has 2 aromatic heterocycles. The summed E-state index contributed by atoms with van der Waals surface area (Å²) in [6.07, 6.45) is 1.63. The highest BCUT2D eigenvalue weighted by molar-refractivity contribution is 6.22. The number of furan rings is 2. The molecule has 42 heavy (non-hydrogen) atoms. The van der Waals surface area contributed by atoms with Crippen molar-refractivity contribution in [2.45, 2.75) is 0 Å². The highest BCUT2D eigenvalue weighted by Crippen LogP contribution is 2.45. The van der Waals surface area contributed by atoms with Crippen molar-refractivity contribution in [1.82, 2.24) is 0 Å². The van der Waals surface area contributed by atoms with Crippen molar-refractivity contribution in [3.05, 3.63) is 146 Å². The molecule has 0 aliphatic heterocycles. The first kappa shape index (κ1) is 16.6. The van der Waals surface area contributed by atoms with E-state index in [9.17, 15) is 0 Å². The molecule has 0 radical (unpaired) electrons. The van der Waals surface area contributed by atoms with Gasteiger partial charge in [0.05, 0.1) is 22.6 Å². The Balaban J connectivity index is 1.41. The molecule has 0 amide bonds. The Morgan fingerprint density at radius 3 is 1.71 bits per heavy atom. The minimum absolute atomic E-state index is 0.181. The van der Waals surface area contributed by atoms with Gasteiger partial charge in [-0.25, -0.2) is 0 Å². The van der Waals surface area contributed by atoms with Crippen LogP contribution in [0, 0.1) is 0 Å². The molecule has 0 spiro atoms. The van der Waals surface area contributed by atoms with Crippen molar-refractivity contribution in [3.63, 3.8) is 0 Å². The van der Waals surface area contributed by atoms with Gasteiger partial charge < -0.3 is 8.83 Å². The van der Waals surface area contributed by atoms with Crippen molar-refractivity contribution >= 4 is 54.5 Å². The molecule has 2 heteroatoms. The van der Waals surface area contributed by atoms with Crippen molar-refractivity contribution < 1.29 is 19.8 Å². The molecule has 0 bridgehead atoms. The third-order valence-corrected chi connectivity index (χ3v) is 8.00. The monoisotopic (exact) mass is 544 g/mol. The van der Waals surface area contributed by atoms with Gasteiger partial charge in [0.2, 0.25) is 0 Å². The normalized spacial score (nSPS) is 14.5. The minimum Gasteiger partial charge on any atom is -0.464 e. The molecular formula is C40H24O2. The van der Waals surface area contributed by atoms with Crippen LogP contribution in [0.1, 0.15) is 11.0 Å². The second-order valence-electron chi connectivity index (χ2n) is 10.3. The molecule has 0 saturated carbocycles. The standard InChI is InChI=1S/C40H24O2/c1-2-10-26(11-3-1)37-28-12-4-6-14-30(28)38(31-15-7-5-13-29(31)37)27-20-18-25(19-21-27)34-24-36-33(22-23-41-36)40-39(34)32-16-8-9-17-35(32)42-40/h1-24H/i4D,5D,6D,7D,12D,13D,14D,15D. The van der Waals surface area contributed by atoms with Crippen LogP contribution in [0.5, 0.6) is 0 Å². The van der Waals surface area contributed by atoms with E-state index >= 15 is 0 Å². The van der Waals surface area contributed by atoms with E-state index in [4.69, 9.17) is 19.8 Å². The van der Waals surface area contributed by atoms with Crippen LogP contribution in [-0.4, -0.2) is 0 Å². The van der Waals surface area contributed by atoms with Gasteiger partial charge in [0.15, 0.2) is 0 Å². The summed E-state index contributed by atoms with van der Waals surface area (Å²) in [6.45, 7) is 0. The second-order valence-corrected chi connectivity index (χ2v) is 10.3. The number of hydrogen-bond donors (Lipinski definition) is 0. The summed E-state index contributed by atoms with van der Waals surface area (Å²) >= 11 is 0. The Hall–Kier alpha value is -5.60. The first-order chi connectivity index (χ1) is 24.2. The molecule has 2 nitrogen and oxygen atoms in total. The van der Waals surface area contributed by atoms with Crippen molar-refractivity contribution in [1.29, 1.82) is 0 Å². The van der Waals surface area contributed by atoms with E-state index in [1.165, 1.54) is 0 Å². The van der Waals surface area contributed by atoms with Crippen molar-refractivity contribution in [2.75, 3.05) is 0 Å². The fourth-order valence-corrected chi connectivity index (χ4v) is 6.18. The summed E-state index contributed by atoms with van der Waals surface area (Å²) in [4.78, 5) is 0. The number of hydrogen-bond acceptors (Lipinski definition) is 2. The molecule has 0 saturated heterocycles. The lowest BCUT2D eigenvalue weighted by atomic mass is 9.85. The van der Waals surface area contributed by atoms with E-state index in [0.29, 0.717) is 33.4 Å². The van der Waals surface area contributed by atoms with E-state index in [0.717, 1.165) is 32.9 Å². The van der Waals surface area contributed by atoms with E-state index in [1.54, 1.807) is 30.5 Å². The number of fused-ring (bicyclic) bond motifs is 7. The molecule has 0 unspecified atom stereocenters. The minimum atomic E-state index is -0.430. The molecule has 196 valence electrons. The molecule has 0 N–H and O–H groups in total. The van der Waals surface area contributed by atoms with E-state index in [2.05, 4.69) is 0 Å². The molecular weight excluding hydrogens is 512 g/mol. The first-order valence-electron chi connectivity index (χ1n) is 17.6. The fourth-order valence-electron chi connectivity index (χ4n) is 6.18. The van der Waals surface area contributed by atoms with Gasteiger partial charge in [0, 0.05) is 10.8 Å². The van der Waals surface area contributed by atoms with Crippen LogP contribution >= 0.6 is 0 Å². The lowest BCUT2D eigenvalue weighted by Gasteiger charge is -2.18. The maximum atomic E-state index is 9.15. The summed E-state index contributed by atoms with van der Waals surface area (Å²) in [5, 5.41) is 3.47. The maximum absolute atomic E-state index is 9.15. The molecule has 0 aliphatic carbocycles. The molecule has 2 heterocycles. The van der Waals surface area contributed by atoms with E-state index in [1.807, 2.05) is 66.7 Å². The van der Waals surface area contributed by atoms with E-state index < -0.39 is 24.2 Å². The predicted molar refractivity (Wildman–Crippen MR) is 175 cm³/mol. The molecule has 9 rings (SSSR count). The van der Waals surface area contributed by atoms with Crippen molar-refractivity contribution in [3.8, 4) is 33.4 Å². The first-order valence-corrected chi connectivity index (χ1v) is 13.6. The molecule has 0 atom stereocenters. The SMILES string of the molecule is [2H]c1c([2H])c([2H])c2c(-c3ccc(-c4cc5occc5c5oc6ccccc6c45)cc3)c3c([2H])c([2H])c([2H])c([2H])c3c(-c3ccccc3)c2c1[2H]. The van der Waals surface area contributed by atoms with Crippen LogP contribution in [-0.2, 0) is 0 Å². The molecule has 0 fully saturated rings. The Kier molecular flexibility index (Phi) is 3.54. The van der Waals surface area contributed by atoms with Gasteiger partial charge >= 0.3 is 0 Å². The predicted octanol–water partition coefficient (Wildman–Crippen LogP) is 11.6. The van der Waals surface area contributed by atoms with Gasteiger partial charge in [-0.1, -0.05) is 121 Å². The summed E-state index contributed by atoms with van der Waals surface area (Å²) in [6, 6.07) is 25.2. The summed E-state index contributed by atoms with van der Waals surface area (Å²) < 4.78 is 83.1. The van der Waals surface area contributed by atoms with Gasteiger partial charge in [-0.3, -0.25) is 0 Å². The Morgan fingerprint density at radius 2 is 1.05 bits per heavy atom. The maximum Gasteiger partial charge on any atom is 0.147 e. The highest BCUT2D eigenvalue weighted by atomic mass is 16.3. The van der Waals surface area contributed by atoms with Gasteiger partial charge in [-0.2, -0.15) is 0 Å². The van der Waals surface area contributed by atoms with Crippen LogP contribution < -0.4 is 0 Å². The van der Waals surface area contributed by atoms with E-state index in [-0.39, 0.29) is 45.7 Å². The van der Waals surface area contributed by atoms with Gasteiger partial charge in [-0.05, 0) is 73.1 Å².